The average Bonchev–Trinajstić information content (AvgIpc) is 3.39. The molecule has 2 N–H and O–H groups in total. The molecule has 3 aliphatic rings. The minimum atomic E-state index is -3.43. The summed E-state index contributed by atoms with van der Waals surface area (Å²) in [5.74, 6) is 1.34. The van der Waals surface area contributed by atoms with Crippen molar-refractivity contribution in [2.75, 3.05) is 44.2 Å². The molecule has 0 bridgehead atoms. The maximum atomic E-state index is 13.1. The van der Waals surface area contributed by atoms with Crippen LogP contribution in [0.1, 0.15) is 6.42 Å². The third-order valence-electron chi connectivity index (χ3n) is 6.97. The van der Waals surface area contributed by atoms with Crippen molar-refractivity contribution in [1.82, 2.24) is 14.6 Å². The van der Waals surface area contributed by atoms with Crippen LogP contribution in [0, 0.1) is 11.8 Å². The largest absolute Gasteiger partial charge is 0.370 e. The molecule has 30 heavy (non-hydrogen) atoms. The van der Waals surface area contributed by atoms with E-state index in [4.69, 9.17) is 0 Å². The lowest BCUT2D eigenvalue weighted by atomic mass is 10.0. The van der Waals surface area contributed by atoms with Crippen molar-refractivity contribution in [1.29, 1.82) is 0 Å². The summed E-state index contributed by atoms with van der Waals surface area (Å²) in [4.78, 5) is 6.35. The Hall–Kier alpha value is -2.35. The number of para-hydroxylation sites is 1. The van der Waals surface area contributed by atoms with Gasteiger partial charge in [-0.25, -0.2) is 8.42 Å². The van der Waals surface area contributed by atoms with Gasteiger partial charge in [-0.15, -0.1) is 0 Å². The molecule has 1 aromatic heterocycles. The zero-order valence-corrected chi connectivity index (χ0v) is 17.7. The minimum Gasteiger partial charge on any atom is -0.370 e. The van der Waals surface area contributed by atoms with Gasteiger partial charge in [0.25, 0.3) is 0 Å². The van der Waals surface area contributed by atoms with Gasteiger partial charge < -0.3 is 15.2 Å². The first-order chi connectivity index (χ1) is 14.6. The summed E-state index contributed by atoms with van der Waals surface area (Å²) in [7, 11) is -3.43. The number of benzene rings is 2. The van der Waals surface area contributed by atoms with Gasteiger partial charge in [-0.2, -0.15) is 4.31 Å². The van der Waals surface area contributed by atoms with Crippen molar-refractivity contribution in [3.63, 3.8) is 0 Å². The van der Waals surface area contributed by atoms with Gasteiger partial charge in [0.05, 0.1) is 4.90 Å². The van der Waals surface area contributed by atoms with Gasteiger partial charge in [0, 0.05) is 67.1 Å². The lowest BCUT2D eigenvalue weighted by Gasteiger charge is -2.30. The smallest absolute Gasteiger partial charge is 0.243 e. The lowest BCUT2D eigenvalue weighted by Crippen LogP contribution is -2.41. The molecule has 2 atom stereocenters. The molecule has 0 unspecified atom stereocenters. The minimum absolute atomic E-state index is 0.390. The summed E-state index contributed by atoms with van der Waals surface area (Å²) in [6.45, 7) is 5.42. The SMILES string of the molecule is O=S(=O)(c1ccc(N2C[C@H]3CNC[C@H]3C2)c(-c2cc3ccccc3[nH]2)c1)N1CCC1. The molecule has 0 spiro atoms. The summed E-state index contributed by atoms with van der Waals surface area (Å²) in [6.07, 6.45) is 0.941. The van der Waals surface area contributed by atoms with Gasteiger partial charge in [0.15, 0.2) is 0 Å². The number of nitrogens with zero attached hydrogens (tertiary/aromatic N) is 2. The number of sulfonamides is 1. The Morgan fingerprint density at radius 1 is 0.933 bits per heavy atom. The number of fused-ring (bicyclic) bond motifs is 2. The van der Waals surface area contributed by atoms with E-state index in [9.17, 15) is 8.42 Å². The van der Waals surface area contributed by atoms with Crippen LogP contribution in [-0.2, 0) is 10.0 Å². The van der Waals surface area contributed by atoms with Crippen molar-refractivity contribution in [2.24, 2.45) is 11.8 Å². The Morgan fingerprint density at radius 3 is 2.40 bits per heavy atom. The number of rotatable bonds is 4. The average molecular weight is 423 g/mol. The highest BCUT2D eigenvalue weighted by atomic mass is 32.2. The van der Waals surface area contributed by atoms with Gasteiger partial charge >= 0.3 is 0 Å². The van der Waals surface area contributed by atoms with Gasteiger partial charge in [0.2, 0.25) is 10.0 Å². The zero-order chi connectivity index (χ0) is 20.3. The predicted octanol–water partition coefficient (Wildman–Crippen LogP) is 2.88. The quantitative estimate of drug-likeness (QED) is 0.678. The predicted molar refractivity (Wildman–Crippen MR) is 119 cm³/mol. The van der Waals surface area contributed by atoms with E-state index in [1.54, 1.807) is 10.4 Å². The van der Waals surface area contributed by atoms with E-state index in [-0.39, 0.29) is 0 Å². The number of aromatic nitrogens is 1. The van der Waals surface area contributed by atoms with Crippen LogP contribution in [0.15, 0.2) is 53.4 Å². The second-order valence-electron chi connectivity index (χ2n) is 8.79. The fraction of sp³-hybridized carbons (Fsp3) is 0.391. The molecule has 2 aromatic carbocycles. The molecular formula is C23H26N4O2S. The molecule has 0 amide bonds. The maximum absolute atomic E-state index is 13.1. The van der Waals surface area contributed by atoms with E-state index in [1.807, 2.05) is 24.3 Å². The molecule has 4 heterocycles. The molecule has 3 saturated heterocycles. The molecule has 0 radical (unpaired) electrons. The van der Waals surface area contributed by atoms with Crippen LogP contribution >= 0.6 is 0 Å². The van der Waals surface area contributed by atoms with Crippen molar-refractivity contribution >= 4 is 26.6 Å². The molecule has 6 nitrogen and oxygen atoms in total. The number of H-pyrrole nitrogens is 1. The van der Waals surface area contributed by atoms with E-state index in [1.165, 1.54) is 0 Å². The van der Waals surface area contributed by atoms with E-state index in [0.717, 1.165) is 60.4 Å². The highest BCUT2D eigenvalue weighted by Gasteiger charge is 2.37. The third kappa shape index (κ3) is 2.87. The van der Waals surface area contributed by atoms with E-state index < -0.39 is 10.0 Å². The standard InChI is InChI=1S/C23H26N4O2S/c28-30(29,27-8-3-9-27)19-6-7-23(26-14-17-12-24-13-18(17)15-26)20(11-19)22-10-16-4-1-2-5-21(16)25-22/h1-2,4-7,10-11,17-18,24-25H,3,8-9,12-15H2/t17-,18+. The monoisotopic (exact) mass is 422 g/mol. The molecule has 0 saturated carbocycles. The van der Waals surface area contributed by atoms with Gasteiger partial charge in [-0.05, 0) is 48.6 Å². The lowest BCUT2D eigenvalue weighted by molar-refractivity contribution is 0.309. The number of nitrogens with one attached hydrogen (secondary N) is 2. The fourth-order valence-corrected chi connectivity index (χ4v) is 6.66. The number of anilines is 1. The van der Waals surface area contributed by atoms with Crippen molar-refractivity contribution < 1.29 is 8.42 Å². The Balaban J connectivity index is 1.47. The zero-order valence-electron chi connectivity index (χ0n) is 16.8. The molecule has 3 aliphatic heterocycles. The van der Waals surface area contributed by atoms with Crippen LogP contribution in [0.4, 0.5) is 5.69 Å². The normalized spacial score (nSPS) is 24.3. The summed E-state index contributed by atoms with van der Waals surface area (Å²) >= 11 is 0. The van der Waals surface area contributed by atoms with Crippen LogP contribution in [-0.4, -0.2) is 57.0 Å². The number of hydrogen-bond donors (Lipinski definition) is 2. The van der Waals surface area contributed by atoms with Crippen molar-refractivity contribution in [2.45, 2.75) is 11.3 Å². The maximum Gasteiger partial charge on any atom is 0.243 e. The highest BCUT2D eigenvalue weighted by Crippen LogP contribution is 2.39. The van der Waals surface area contributed by atoms with E-state index in [2.05, 4.69) is 33.4 Å². The summed E-state index contributed by atoms with van der Waals surface area (Å²) in [5, 5.41) is 4.63. The molecule has 6 rings (SSSR count). The molecule has 7 heteroatoms. The molecule has 3 aromatic rings. The Bertz CT molecular complexity index is 1170. The summed E-state index contributed by atoms with van der Waals surface area (Å²) in [6, 6.07) is 16.0. The first-order valence-corrected chi connectivity index (χ1v) is 12.2. The van der Waals surface area contributed by atoms with Crippen molar-refractivity contribution in [3.8, 4) is 11.3 Å². The second kappa shape index (κ2) is 6.83. The van der Waals surface area contributed by atoms with Crippen LogP contribution in [0.2, 0.25) is 0 Å². The second-order valence-corrected chi connectivity index (χ2v) is 10.7. The number of hydrogen-bond acceptors (Lipinski definition) is 4. The Labute approximate surface area is 176 Å². The molecule has 156 valence electrons. The van der Waals surface area contributed by atoms with Crippen LogP contribution < -0.4 is 10.2 Å². The third-order valence-corrected chi connectivity index (χ3v) is 8.87. The molecule has 0 aliphatic carbocycles. The van der Waals surface area contributed by atoms with E-state index >= 15 is 0 Å². The Kier molecular flexibility index (Phi) is 4.20. The van der Waals surface area contributed by atoms with Gasteiger partial charge in [-0.1, -0.05) is 18.2 Å². The van der Waals surface area contributed by atoms with E-state index in [0.29, 0.717) is 29.8 Å². The fourth-order valence-electron chi connectivity index (χ4n) is 5.11. The van der Waals surface area contributed by atoms with Gasteiger partial charge in [-0.3, -0.25) is 0 Å². The first kappa shape index (κ1) is 18.4. The highest BCUT2D eigenvalue weighted by molar-refractivity contribution is 7.89. The van der Waals surface area contributed by atoms with Gasteiger partial charge in [0.1, 0.15) is 0 Å². The first-order valence-electron chi connectivity index (χ1n) is 10.8. The number of aromatic amines is 1. The van der Waals surface area contributed by atoms with Crippen LogP contribution in [0.3, 0.4) is 0 Å². The van der Waals surface area contributed by atoms with Crippen LogP contribution in [0.25, 0.3) is 22.2 Å². The van der Waals surface area contributed by atoms with Crippen molar-refractivity contribution in [3.05, 3.63) is 48.5 Å². The summed E-state index contributed by atoms with van der Waals surface area (Å²) < 4.78 is 27.7. The Morgan fingerprint density at radius 2 is 1.70 bits per heavy atom. The van der Waals surface area contributed by atoms with Crippen LogP contribution in [0.5, 0.6) is 0 Å². The summed E-state index contributed by atoms with van der Waals surface area (Å²) in [5.41, 5.74) is 4.14. The topological polar surface area (TPSA) is 68.4 Å². The molecule has 3 fully saturated rings. The molecular weight excluding hydrogens is 396 g/mol.